The van der Waals surface area contributed by atoms with Gasteiger partial charge in [0.15, 0.2) is 0 Å². The molecule has 0 amide bonds. The minimum atomic E-state index is 1.03. The fourth-order valence-corrected chi connectivity index (χ4v) is 4.56. The fourth-order valence-electron chi connectivity index (χ4n) is 4.56. The van der Waals surface area contributed by atoms with Crippen LogP contribution in [0.3, 0.4) is 0 Å². The maximum absolute atomic E-state index is 2.48. The lowest BCUT2D eigenvalue weighted by Gasteiger charge is -2.63. The van der Waals surface area contributed by atoms with Crippen LogP contribution in [0.1, 0.15) is 46.0 Å². The Morgan fingerprint density at radius 1 is 0.769 bits per heavy atom. The Morgan fingerprint density at radius 3 is 2.15 bits per heavy atom. The van der Waals surface area contributed by atoms with Crippen LogP contribution < -0.4 is 0 Å². The first-order valence-electron chi connectivity index (χ1n) is 6.27. The number of rotatable bonds is 0. The van der Waals surface area contributed by atoms with Crippen LogP contribution in [0.2, 0.25) is 0 Å². The van der Waals surface area contributed by atoms with Gasteiger partial charge in [-0.3, -0.25) is 0 Å². The molecule has 3 aliphatic rings. The molecule has 0 aromatic heterocycles. The second kappa shape index (κ2) is 2.74. The molecule has 74 valence electrons. The summed E-state index contributed by atoms with van der Waals surface area (Å²) >= 11 is 0. The highest BCUT2D eigenvalue weighted by Crippen LogP contribution is 2.65. The largest absolute Gasteiger partial charge is 0.0625 e. The van der Waals surface area contributed by atoms with Crippen LogP contribution in [-0.2, 0) is 0 Å². The highest BCUT2D eigenvalue weighted by molar-refractivity contribution is 5.06. The molecule has 6 atom stereocenters. The molecule has 13 heavy (non-hydrogen) atoms. The van der Waals surface area contributed by atoms with Crippen LogP contribution in [0.5, 0.6) is 0 Å². The highest BCUT2D eigenvalue weighted by Gasteiger charge is 2.58. The summed E-state index contributed by atoms with van der Waals surface area (Å²) in [6.07, 6.45) is 7.76. The number of fused-ring (bicyclic) bond motifs is 4. The zero-order chi connectivity index (χ0) is 9.00. The third kappa shape index (κ3) is 1.04. The quantitative estimate of drug-likeness (QED) is 0.530. The lowest BCUT2D eigenvalue weighted by atomic mass is 9.42. The summed E-state index contributed by atoms with van der Waals surface area (Å²) in [5.74, 6) is 6.81. The minimum absolute atomic E-state index is 1.03. The van der Waals surface area contributed by atoms with E-state index in [1.165, 1.54) is 36.5 Å². The average Bonchev–Trinajstić information content (AvgIpc) is 2.22. The van der Waals surface area contributed by atoms with E-state index < -0.39 is 0 Å². The first-order valence-corrected chi connectivity index (χ1v) is 6.27. The van der Waals surface area contributed by atoms with Crippen molar-refractivity contribution in [3.05, 3.63) is 0 Å². The van der Waals surface area contributed by atoms with Gasteiger partial charge in [-0.05, 0) is 54.8 Å². The SMILES string of the molecule is CC1CCC2C(CC1)C1C(C)CC21. The molecule has 6 unspecified atom stereocenters. The summed E-state index contributed by atoms with van der Waals surface area (Å²) in [7, 11) is 0. The minimum Gasteiger partial charge on any atom is -0.0625 e. The predicted molar refractivity (Wildman–Crippen MR) is 55.4 cm³/mol. The van der Waals surface area contributed by atoms with E-state index >= 15 is 0 Å². The van der Waals surface area contributed by atoms with E-state index in [2.05, 4.69) is 13.8 Å². The molecule has 0 aromatic rings. The van der Waals surface area contributed by atoms with Gasteiger partial charge in [0.25, 0.3) is 0 Å². The zero-order valence-electron chi connectivity index (χ0n) is 9.00. The standard InChI is InChI=1S/C13H22/c1-8-3-5-10-11(6-4-8)13-9(2)7-12(10)13/h8-13H,3-7H2,1-2H3. The van der Waals surface area contributed by atoms with E-state index in [0.717, 1.165) is 11.8 Å². The summed E-state index contributed by atoms with van der Waals surface area (Å²) in [4.78, 5) is 0. The summed E-state index contributed by atoms with van der Waals surface area (Å²) in [5.41, 5.74) is 0. The van der Waals surface area contributed by atoms with Gasteiger partial charge < -0.3 is 0 Å². The second-order valence-electron chi connectivity index (χ2n) is 6.04. The van der Waals surface area contributed by atoms with Gasteiger partial charge in [0.2, 0.25) is 0 Å². The molecule has 0 N–H and O–H groups in total. The smallest absolute Gasteiger partial charge is 0.0326 e. The van der Waals surface area contributed by atoms with E-state index in [1.807, 2.05) is 0 Å². The molecule has 0 nitrogen and oxygen atoms in total. The molecule has 3 aliphatic carbocycles. The first-order chi connectivity index (χ1) is 6.27. The Hall–Kier alpha value is 0. The van der Waals surface area contributed by atoms with Crippen molar-refractivity contribution in [3.8, 4) is 0 Å². The van der Waals surface area contributed by atoms with Gasteiger partial charge in [-0.15, -0.1) is 0 Å². The van der Waals surface area contributed by atoms with Gasteiger partial charge in [-0.1, -0.05) is 26.7 Å². The predicted octanol–water partition coefficient (Wildman–Crippen LogP) is 3.71. The van der Waals surface area contributed by atoms with Crippen LogP contribution in [0, 0.1) is 35.5 Å². The molecule has 0 spiro atoms. The second-order valence-corrected chi connectivity index (χ2v) is 6.04. The molecule has 0 aromatic carbocycles. The van der Waals surface area contributed by atoms with Crippen molar-refractivity contribution < 1.29 is 0 Å². The Kier molecular flexibility index (Phi) is 1.76. The summed E-state index contributed by atoms with van der Waals surface area (Å²) < 4.78 is 0. The van der Waals surface area contributed by atoms with Crippen LogP contribution in [-0.4, -0.2) is 0 Å². The third-order valence-corrected chi connectivity index (χ3v) is 5.38. The summed E-state index contributed by atoms with van der Waals surface area (Å²) in [6.45, 7) is 4.93. The van der Waals surface area contributed by atoms with Gasteiger partial charge in [-0.2, -0.15) is 0 Å². The lowest BCUT2D eigenvalue weighted by molar-refractivity contribution is -0.148. The molecule has 3 saturated carbocycles. The molecule has 0 aliphatic heterocycles. The topological polar surface area (TPSA) is 0 Å². The van der Waals surface area contributed by atoms with Gasteiger partial charge in [-0.25, -0.2) is 0 Å². The maximum Gasteiger partial charge on any atom is -0.0326 e. The van der Waals surface area contributed by atoms with Gasteiger partial charge in [0, 0.05) is 0 Å². The van der Waals surface area contributed by atoms with Crippen molar-refractivity contribution in [2.45, 2.75) is 46.0 Å². The molecule has 0 radical (unpaired) electrons. The van der Waals surface area contributed by atoms with Crippen molar-refractivity contribution in [1.29, 1.82) is 0 Å². The monoisotopic (exact) mass is 178 g/mol. The van der Waals surface area contributed by atoms with Crippen molar-refractivity contribution in [3.63, 3.8) is 0 Å². The summed E-state index contributed by atoms with van der Waals surface area (Å²) in [5, 5.41) is 0. The van der Waals surface area contributed by atoms with Crippen LogP contribution >= 0.6 is 0 Å². The van der Waals surface area contributed by atoms with E-state index in [-0.39, 0.29) is 0 Å². The molecule has 0 heterocycles. The van der Waals surface area contributed by atoms with Gasteiger partial charge in [0.05, 0.1) is 0 Å². The van der Waals surface area contributed by atoms with Crippen molar-refractivity contribution >= 4 is 0 Å². The molecule has 0 bridgehead atoms. The Labute approximate surface area is 82.1 Å². The highest BCUT2D eigenvalue weighted by atomic mass is 14.6. The average molecular weight is 178 g/mol. The summed E-state index contributed by atoms with van der Waals surface area (Å²) in [6, 6.07) is 0. The first kappa shape index (κ1) is 8.32. The lowest BCUT2D eigenvalue weighted by Crippen LogP contribution is -2.57. The van der Waals surface area contributed by atoms with Crippen molar-refractivity contribution in [1.82, 2.24) is 0 Å². The Bertz CT molecular complexity index is 208. The van der Waals surface area contributed by atoms with Gasteiger partial charge in [0.1, 0.15) is 0 Å². The van der Waals surface area contributed by atoms with Crippen LogP contribution in [0.4, 0.5) is 0 Å². The van der Waals surface area contributed by atoms with E-state index in [1.54, 1.807) is 19.3 Å². The fraction of sp³-hybridized carbons (Fsp3) is 1.00. The molecular weight excluding hydrogens is 156 g/mol. The zero-order valence-corrected chi connectivity index (χ0v) is 9.00. The van der Waals surface area contributed by atoms with Crippen molar-refractivity contribution in [2.24, 2.45) is 35.5 Å². The Balaban J connectivity index is 1.70. The molecule has 0 saturated heterocycles. The van der Waals surface area contributed by atoms with Gasteiger partial charge >= 0.3 is 0 Å². The molecule has 3 fully saturated rings. The Morgan fingerprint density at radius 2 is 1.46 bits per heavy atom. The normalized spacial score (nSPS) is 59.5. The third-order valence-electron chi connectivity index (χ3n) is 5.38. The van der Waals surface area contributed by atoms with E-state index in [9.17, 15) is 0 Å². The van der Waals surface area contributed by atoms with E-state index in [0.29, 0.717) is 0 Å². The van der Waals surface area contributed by atoms with E-state index in [4.69, 9.17) is 0 Å². The van der Waals surface area contributed by atoms with Crippen LogP contribution in [0.25, 0.3) is 0 Å². The maximum atomic E-state index is 2.48. The van der Waals surface area contributed by atoms with Crippen molar-refractivity contribution in [2.75, 3.05) is 0 Å². The molecule has 3 rings (SSSR count). The number of hydrogen-bond donors (Lipinski definition) is 0. The van der Waals surface area contributed by atoms with Crippen LogP contribution in [0.15, 0.2) is 0 Å². The molecule has 0 heteroatoms. The number of hydrogen-bond acceptors (Lipinski definition) is 0. The molecular formula is C13H22.